The van der Waals surface area contributed by atoms with Crippen molar-refractivity contribution in [3.05, 3.63) is 94.0 Å². The van der Waals surface area contributed by atoms with Crippen molar-refractivity contribution < 1.29 is 19.1 Å². The molecule has 1 heterocycles. The number of amides is 2. The van der Waals surface area contributed by atoms with Crippen LogP contribution in [0.25, 0.3) is 6.08 Å². The lowest BCUT2D eigenvalue weighted by Gasteiger charge is -2.14. The first-order valence-corrected chi connectivity index (χ1v) is 10.3. The number of para-hydroxylation sites is 1. The van der Waals surface area contributed by atoms with Crippen molar-refractivity contribution in [3.8, 4) is 11.5 Å². The molecule has 3 aromatic rings. The summed E-state index contributed by atoms with van der Waals surface area (Å²) in [5.41, 5.74) is 4.91. The number of hydrogen-bond donors (Lipinski definition) is 1. The molecule has 0 bridgehead atoms. The second-order valence-corrected chi connectivity index (χ2v) is 7.72. The molecule has 0 saturated carbocycles. The maximum absolute atomic E-state index is 12.7. The summed E-state index contributed by atoms with van der Waals surface area (Å²) in [4.78, 5) is 25.1. The predicted molar refractivity (Wildman–Crippen MR) is 122 cm³/mol. The van der Waals surface area contributed by atoms with E-state index in [4.69, 9.17) is 9.47 Å². The largest absolute Gasteiger partial charge is 0.493 e. The van der Waals surface area contributed by atoms with Crippen LogP contribution in [0.5, 0.6) is 11.5 Å². The highest BCUT2D eigenvalue weighted by molar-refractivity contribution is 9.10. The van der Waals surface area contributed by atoms with Crippen LogP contribution in [0, 0.1) is 0 Å². The van der Waals surface area contributed by atoms with Crippen LogP contribution in [-0.2, 0) is 16.2 Å². The highest BCUT2D eigenvalue weighted by Gasteiger charge is 2.34. The van der Waals surface area contributed by atoms with Crippen molar-refractivity contribution in [2.75, 3.05) is 12.1 Å². The Morgan fingerprint density at radius 2 is 1.71 bits per heavy atom. The van der Waals surface area contributed by atoms with Crippen molar-refractivity contribution in [1.29, 1.82) is 0 Å². The summed E-state index contributed by atoms with van der Waals surface area (Å²) < 4.78 is 12.3. The monoisotopic (exact) mass is 478 g/mol. The average molecular weight is 479 g/mol. The van der Waals surface area contributed by atoms with Gasteiger partial charge in [-0.05, 0) is 53.6 Å². The number of hydrogen-bond acceptors (Lipinski definition) is 4. The Morgan fingerprint density at radius 1 is 0.968 bits per heavy atom. The Balaban J connectivity index is 1.53. The summed E-state index contributed by atoms with van der Waals surface area (Å²) >= 11 is 3.41. The third kappa shape index (κ3) is 4.62. The molecular weight excluding hydrogens is 460 g/mol. The van der Waals surface area contributed by atoms with Crippen molar-refractivity contribution in [1.82, 2.24) is 5.43 Å². The number of rotatable bonds is 6. The van der Waals surface area contributed by atoms with E-state index in [-0.39, 0.29) is 5.57 Å². The molecule has 3 aromatic carbocycles. The fourth-order valence-corrected chi connectivity index (χ4v) is 3.38. The van der Waals surface area contributed by atoms with E-state index in [1.807, 2.05) is 30.3 Å². The molecule has 0 aromatic heterocycles. The maximum Gasteiger partial charge on any atom is 0.282 e. The average Bonchev–Trinajstić information content (AvgIpc) is 3.08. The van der Waals surface area contributed by atoms with Gasteiger partial charge in [0.25, 0.3) is 11.8 Å². The number of benzene rings is 3. The number of nitrogens with zero attached hydrogens (tertiary/aromatic N) is 1. The van der Waals surface area contributed by atoms with Gasteiger partial charge in [-0.1, -0.05) is 52.3 Å². The van der Waals surface area contributed by atoms with Crippen molar-refractivity contribution in [2.24, 2.45) is 0 Å². The molecule has 1 aliphatic heterocycles. The summed E-state index contributed by atoms with van der Waals surface area (Å²) in [6.45, 7) is 0.386. The van der Waals surface area contributed by atoms with Crippen LogP contribution in [0.2, 0.25) is 0 Å². The standard InChI is InChI=1S/C24H19BrN2O4/c1-30-22-14-17(9-12-21(22)31-15-16-7-10-18(25)11-8-16)13-20-23(28)26-27(24(20)29)19-5-3-2-4-6-19/h2-14H,15H2,1H3,(H,26,28)/b20-13+. The molecule has 0 aliphatic carbocycles. The number of carbonyl (C=O) groups is 2. The molecule has 0 unspecified atom stereocenters. The van der Waals surface area contributed by atoms with E-state index < -0.39 is 11.8 Å². The van der Waals surface area contributed by atoms with Gasteiger partial charge in [-0.15, -0.1) is 0 Å². The van der Waals surface area contributed by atoms with E-state index in [2.05, 4.69) is 21.4 Å². The van der Waals surface area contributed by atoms with Crippen molar-refractivity contribution >= 4 is 39.5 Å². The van der Waals surface area contributed by atoms with Gasteiger partial charge in [0.1, 0.15) is 12.2 Å². The summed E-state index contributed by atoms with van der Waals surface area (Å²) in [5.74, 6) is 0.215. The van der Waals surface area contributed by atoms with E-state index in [1.165, 1.54) is 5.01 Å². The lowest BCUT2D eigenvalue weighted by atomic mass is 10.1. The van der Waals surface area contributed by atoms with E-state index >= 15 is 0 Å². The van der Waals surface area contributed by atoms with Crippen molar-refractivity contribution in [2.45, 2.75) is 6.61 Å². The molecule has 4 rings (SSSR count). The molecule has 1 aliphatic rings. The summed E-state index contributed by atoms with van der Waals surface area (Å²) in [7, 11) is 1.54. The van der Waals surface area contributed by atoms with Gasteiger partial charge in [-0.25, -0.2) is 5.01 Å². The lowest BCUT2D eigenvalue weighted by molar-refractivity contribution is -0.117. The topological polar surface area (TPSA) is 67.9 Å². The van der Waals surface area contributed by atoms with Crippen LogP contribution >= 0.6 is 15.9 Å². The summed E-state index contributed by atoms with van der Waals surface area (Å²) in [6.07, 6.45) is 1.54. The first-order chi connectivity index (χ1) is 15.0. The Morgan fingerprint density at radius 3 is 2.42 bits per heavy atom. The van der Waals surface area contributed by atoms with Crippen molar-refractivity contribution in [3.63, 3.8) is 0 Å². The van der Waals surface area contributed by atoms with Gasteiger partial charge in [0.15, 0.2) is 11.5 Å². The minimum atomic E-state index is -0.455. The van der Waals surface area contributed by atoms with Gasteiger partial charge in [0.05, 0.1) is 12.8 Å². The van der Waals surface area contributed by atoms with Crippen LogP contribution in [0.3, 0.4) is 0 Å². The lowest BCUT2D eigenvalue weighted by Crippen LogP contribution is -2.35. The number of ether oxygens (including phenoxy) is 2. The van der Waals surface area contributed by atoms with Crippen LogP contribution in [0.1, 0.15) is 11.1 Å². The van der Waals surface area contributed by atoms with Crippen LogP contribution in [0.15, 0.2) is 82.8 Å². The SMILES string of the molecule is COc1cc(/C=C2\C(=O)NN(c3ccccc3)C2=O)ccc1OCc1ccc(Br)cc1. The predicted octanol–water partition coefficient (Wildman–Crippen LogP) is 4.50. The number of hydrazine groups is 1. The molecule has 156 valence electrons. The third-order valence-corrected chi connectivity index (χ3v) is 5.24. The van der Waals surface area contributed by atoms with Gasteiger partial charge >= 0.3 is 0 Å². The first-order valence-electron chi connectivity index (χ1n) is 9.52. The normalized spacial score (nSPS) is 14.6. The fourth-order valence-electron chi connectivity index (χ4n) is 3.12. The maximum atomic E-state index is 12.7. The molecule has 1 saturated heterocycles. The molecule has 0 radical (unpaired) electrons. The van der Waals surface area contributed by atoms with E-state index in [9.17, 15) is 9.59 Å². The Kier molecular flexibility index (Phi) is 6.04. The minimum Gasteiger partial charge on any atom is -0.493 e. The summed E-state index contributed by atoms with van der Waals surface area (Å²) in [5, 5.41) is 1.24. The van der Waals surface area contributed by atoms with E-state index in [1.54, 1.807) is 55.7 Å². The number of halogens is 1. The Bertz CT molecular complexity index is 1140. The van der Waals surface area contributed by atoms with Gasteiger partial charge in [0, 0.05) is 4.47 Å². The summed E-state index contributed by atoms with van der Waals surface area (Å²) in [6, 6.07) is 22.1. The smallest absolute Gasteiger partial charge is 0.282 e. The van der Waals surface area contributed by atoms with Crippen LogP contribution in [0.4, 0.5) is 5.69 Å². The van der Waals surface area contributed by atoms with Crippen LogP contribution in [-0.4, -0.2) is 18.9 Å². The van der Waals surface area contributed by atoms with Gasteiger partial charge in [-0.2, -0.15) is 0 Å². The van der Waals surface area contributed by atoms with E-state index in [0.29, 0.717) is 29.4 Å². The van der Waals surface area contributed by atoms with Gasteiger partial charge < -0.3 is 9.47 Å². The Hall–Kier alpha value is -3.58. The zero-order valence-electron chi connectivity index (χ0n) is 16.7. The molecule has 0 spiro atoms. The molecule has 7 heteroatoms. The van der Waals surface area contributed by atoms with E-state index in [0.717, 1.165) is 10.0 Å². The number of nitrogens with one attached hydrogen (secondary N) is 1. The first kappa shape index (κ1) is 20.7. The molecular formula is C24H19BrN2O4. The second-order valence-electron chi connectivity index (χ2n) is 6.80. The zero-order valence-corrected chi connectivity index (χ0v) is 18.3. The molecule has 6 nitrogen and oxygen atoms in total. The quantitative estimate of drug-likeness (QED) is 0.418. The third-order valence-electron chi connectivity index (χ3n) is 4.71. The Labute approximate surface area is 188 Å². The second kappa shape index (κ2) is 9.06. The molecule has 0 atom stereocenters. The zero-order chi connectivity index (χ0) is 21.8. The molecule has 31 heavy (non-hydrogen) atoms. The highest BCUT2D eigenvalue weighted by atomic mass is 79.9. The van der Waals surface area contributed by atoms with Gasteiger partial charge in [-0.3, -0.25) is 15.0 Å². The number of carbonyl (C=O) groups excluding carboxylic acids is 2. The number of methoxy groups -OCH3 is 1. The highest BCUT2D eigenvalue weighted by Crippen LogP contribution is 2.30. The fraction of sp³-hybridized carbons (Fsp3) is 0.0833. The molecule has 1 fully saturated rings. The van der Waals surface area contributed by atoms with Crippen LogP contribution < -0.4 is 19.9 Å². The van der Waals surface area contributed by atoms with Gasteiger partial charge in [0.2, 0.25) is 0 Å². The minimum absolute atomic E-state index is 0.0504. The molecule has 2 amide bonds. The number of anilines is 1. The molecule has 1 N–H and O–H groups in total.